The lowest BCUT2D eigenvalue weighted by Crippen LogP contribution is -2.47. The maximum Gasteiger partial charge on any atom is 0.258 e. The van der Waals surface area contributed by atoms with E-state index in [0.717, 1.165) is 28.0 Å². The molecule has 32 heavy (non-hydrogen) atoms. The molecule has 162 valence electrons. The first-order chi connectivity index (χ1) is 15.7. The van der Waals surface area contributed by atoms with E-state index in [1.165, 1.54) is 11.3 Å². The number of ether oxygens (including phenoxy) is 2. The van der Waals surface area contributed by atoms with Crippen LogP contribution < -0.4 is 25.6 Å². The van der Waals surface area contributed by atoms with Crippen LogP contribution in [0.15, 0.2) is 53.4 Å². The number of rotatable bonds is 5. The first-order valence-corrected chi connectivity index (χ1v) is 11.1. The van der Waals surface area contributed by atoms with Gasteiger partial charge in [0.2, 0.25) is 6.79 Å². The zero-order valence-electron chi connectivity index (χ0n) is 16.7. The number of imidazole rings is 1. The number of aromatic nitrogens is 3. The van der Waals surface area contributed by atoms with Crippen LogP contribution in [0.1, 0.15) is 5.56 Å². The van der Waals surface area contributed by atoms with E-state index in [1.807, 2.05) is 52.4 Å². The standard InChI is InChI=1S/C21H18N6O3S2/c28-19(25-26-21(31)22-8-13-5-6-17-18(7-13)30-12-29-17)9-27-16-4-2-1-3-14(16)24-20(27)15-10-32-11-23-15/h1-7,10-11H,8-9,12H2,(H,25,28)(H2,22,26,31). The third-order valence-corrected chi connectivity index (χ3v) is 5.66. The molecular weight excluding hydrogens is 448 g/mol. The third kappa shape index (κ3) is 4.20. The van der Waals surface area contributed by atoms with Crippen molar-refractivity contribution in [2.24, 2.45) is 0 Å². The van der Waals surface area contributed by atoms with Crippen molar-refractivity contribution in [2.45, 2.75) is 13.1 Å². The van der Waals surface area contributed by atoms with Crippen molar-refractivity contribution in [3.05, 3.63) is 58.9 Å². The Morgan fingerprint density at radius 3 is 2.91 bits per heavy atom. The Morgan fingerprint density at radius 1 is 1.16 bits per heavy atom. The lowest BCUT2D eigenvalue weighted by atomic mass is 10.2. The quantitative estimate of drug-likeness (QED) is 0.305. The van der Waals surface area contributed by atoms with Gasteiger partial charge >= 0.3 is 0 Å². The van der Waals surface area contributed by atoms with Crippen molar-refractivity contribution < 1.29 is 14.3 Å². The molecule has 2 aromatic carbocycles. The van der Waals surface area contributed by atoms with Crippen molar-refractivity contribution in [1.29, 1.82) is 0 Å². The number of thiazole rings is 1. The number of thiocarbonyl (C=S) groups is 1. The van der Waals surface area contributed by atoms with Gasteiger partial charge in [0.1, 0.15) is 12.2 Å². The molecule has 9 nitrogen and oxygen atoms in total. The average Bonchev–Trinajstić information content (AvgIpc) is 3.56. The minimum atomic E-state index is -0.267. The Kier molecular flexibility index (Phi) is 5.57. The number of hydrazine groups is 1. The first kappa shape index (κ1) is 20.2. The summed E-state index contributed by atoms with van der Waals surface area (Å²) in [5, 5.41) is 5.25. The number of carbonyl (C=O) groups excluding carboxylic acids is 1. The second-order valence-corrected chi connectivity index (χ2v) is 8.05. The van der Waals surface area contributed by atoms with E-state index in [-0.39, 0.29) is 19.2 Å². The number of carbonyl (C=O) groups is 1. The van der Waals surface area contributed by atoms with Gasteiger partial charge < -0.3 is 19.4 Å². The topological polar surface area (TPSA) is 102 Å². The summed E-state index contributed by atoms with van der Waals surface area (Å²) in [5.74, 6) is 1.81. The summed E-state index contributed by atoms with van der Waals surface area (Å²) in [6.45, 7) is 0.762. The molecule has 0 spiro atoms. The molecule has 3 heterocycles. The van der Waals surface area contributed by atoms with Crippen LogP contribution in [-0.2, 0) is 17.9 Å². The Bertz CT molecular complexity index is 1290. The lowest BCUT2D eigenvalue weighted by Gasteiger charge is -2.13. The van der Waals surface area contributed by atoms with Gasteiger partial charge in [0.25, 0.3) is 5.91 Å². The SMILES string of the molecule is O=C(Cn1c(-c2cscn2)nc2ccccc21)NNC(=S)NCc1ccc2c(c1)OCO2. The minimum Gasteiger partial charge on any atom is -0.454 e. The molecule has 11 heteroatoms. The monoisotopic (exact) mass is 466 g/mol. The average molecular weight is 467 g/mol. The molecule has 0 aliphatic carbocycles. The number of amides is 1. The van der Waals surface area contributed by atoms with Gasteiger partial charge in [-0.05, 0) is 42.0 Å². The van der Waals surface area contributed by atoms with Crippen LogP contribution in [0.3, 0.4) is 0 Å². The Hall–Kier alpha value is -3.70. The van der Waals surface area contributed by atoms with Gasteiger partial charge in [-0.3, -0.25) is 15.6 Å². The van der Waals surface area contributed by atoms with Crippen molar-refractivity contribution in [3.63, 3.8) is 0 Å². The number of nitrogens with one attached hydrogen (secondary N) is 3. The number of hydrogen-bond donors (Lipinski definition) is 3. The molecule has 3 N–H and O–H groups in total. The number of benzene rings is 2. The van der Waals surface area contributed by atoms with Crippen LogP contribution in [0.5, 0.6) is 11.5 Å². The maximum atomic E-state index is 12.6. The summed E-state index contributed by atoms with van der Waals surface area (Å²) in [6.07, 6.45) is 0. The highest BCUT2D eigenvalue weighted by molar-refractivity contribution is 7.80. The molecule has 5 rings (SSSR count). The van der Waals surface area contributed by atoms with Gasteiger partial charge in [0, 0.05) is 11.9 Å². The summed E-state index contributed by atoms with van der Waals surface area (Å²) >= 11 is 6.74. The number of para-hydroxylation sites is 2. The Labute approximate surface area is 192 Å². The van der Waals surface area contributed by atoms with Crippen LogP contribution in [0.25, 0.3) is 22.6 Å². The second-order valence-electron chi connectivity index (χ2n) is 6.93. The van der Waals surface area contributed by atoms with E-state index >= 15 is 0 Å². The molecule has 1 amide bonds. The van der Waals surface area contributed by atoms with Gasteiger partial charge in [0.05, 0.1) is 16.5 Å². The predicted molar refractivity (Wildman–Crippen MR) is 124 cm³/mol. The largest absolute Gasteiger partial charge is 0.454 e. The highest BCUT2D eigenvalue weighted by Gasteiger charge is 2.17. The fourth-order valence-electron chi connectivity index (χ4n) is 3.34. The summed E-state index contributed by atoms with van der Waals surface area (Å²) < 4.78 is 12.5. The van der Waals surface area contributed by atoms with E-state index < -0.39 is 0 Å². The minimum absolute atomic E-state index is 0.0607. The molecule has 0 unspecified atom stereocenters. The van der Waals surface area contributed by atoms with Crippen LogP contribution in [0.2, 0.25) is 0 Å². The van der Waals surface area contributed by atoms with E-state index in [2.05, 4.69) is 26.1 Å². The van der Waals surface area contributed by atoms with Crippen molar-refractivity contribution >= 4 is 45.6 Å². The first-order valence-electron chi connectivity index (χ1n) is 9.72. The van der Waals surface area contributed by atoms with Crippen molar-refractivity contribution in [1.82, 2.24) is 30.7 Å². The number of fused-ring (bicyclic) bond motifs is 2. The number of nitrogens with zero attached hydrogens (tertiary/aromatic N) is 3. The number of hydrogen-bond acceptors (Lipinski definition) is 7. The highest BCUT2D eigenvalue weighted by atomic mass is 32.1. The molecule has 0 bridgehead atoms. The van der Waals surface area contributed by atoms with Crippen LogP contribution in [0.4, 0.5) is 0 Å². The van der Waals surface area contributed by atoms with Crippen molar-refractivity contribution in [2.75, 3.05) is 6.79 Å². The fourth-order valence-corrected chi connectivity index (χ4v) is 3.99. The fraction of sp³-hybridized carbons (Fsp3) is 0.143. The van der Waals surface area contributed by atoms with Gasteiger partial charge in [-0.2, -0.15) is 0 Å². The molecule has 0 radical (unpaired) electrons. The van der Waals surface area contributed by atoms with Gasteiger partial charge in [-0.15, -0.1) is 11.3 Å². The molecule has 1 aliphatic heterocycles. The zero-order chi connectivity index (χ0) is 21.9. The second kappa shape index (κ2) is 8.81. The van der Waals surface area contributed by atoms with Gasteiger partial charge in [0.15, 0.2) is 22.4 Å². The molecule has 0 atom stereocenters. The Morgan fingerprint density at radius 2 is 2.03 bits per heavy atom. The molecule has 2 aromatic heterocycles. The molecular formula is C21H18N6O3S2. The summed E-state index contributed by atoms with van der Waals surface area (Å²) in [7, 11) is 0. The van der Waals surface area contributed by atoms with Crippen LogP contribution >= 0.6 is 23.6 Å². The summed E-state index contributed by atoms with van der Waals surface area (Å²) in [4.78, 5) is 21.6. The van der Waals surface area contributed by atoms with E-state index in [9.17, 15) is 4.79 Å². The van der Waals surface area contributed by atoms with Crippen LogP contribution in [0, 0.1) is 0 Å². The van der Waals surface area contributed by atoms with E-state index in [4.69, 9.17) is 21.7 Å². The normalized spacial score (nSPS) is 12.0. The molecule has 0 saturated heterocycles. The van der Waals surface area contributed by atoms with E-state index in [0.29, 0.717) is 23.2 Å². The lowest BCUT2D eigenvalue weighted by molar-refractivity contribution is -0.122. The Balaban J connectivity index is 1.19. The van der Waals surface area contributed by atoms with Gasteiger partial charge in [-0.25, -0.2) is 9.97 Å². The van der Waals surface area contributed by atoms with Gasteiger partial charge in [-0.1, -0.05) is 18.2 Å². The maximum absolute atomic E-state index is 12.6. The molecule has 0 saturated carbocycles. The zero-order valence-corrected chi connectivity index (χ0v) is 18.3. The predicted octanol–water partition coefficient (Wildman–Crippen LogP) is 2.58. The molecule has 4 aromatic rings. The van der Waals surface area contributed by atoms with E-state index in [1.54, 1.807) is 5.51 Å². The molecule has 0 fully saturated rings. The highest BCUT2D eigenvalue weighted by Crippen LogP contribution is 2.32. The summed E-state index contributed by atoms with van der Waals surface area (Å²) in [5.41, 5.74) is 10.5. The molecule has 1 aliphatic rings. The smallest absolute Gasteiger partial charge is 0.258 e. The van der Waals surface area contributed by atoms with Crippen molar-refractivity contribution in [3.8, 4) is 23.0 Å². The van der Waals surface area contributed by atoms with Crippen LogP contribution in [-0.4, -0.2) is 32.3 Å². The summed E-state index contributed by atoms with van der Waals surface area (Å²) in [6, 6.07) is 13.3. The third-order valence-electron chi connectivity index (χ3n) is 4.82.